The number of benzene rings is 2. The number of carbonyl (C=O) groups excluding carboxylic acids is 2. The van der Waals surface area contributed by atoms with Gasteiger partial charge in [-0.2, -0.15) is 0 Å². The van der Waals surface area contributed by atoms with E-state index in [1.165, 1.54) is 26.2 Å². The molecule has 6 nitrogen and oxygen atoms in total. The molecule has 0 aliphatic rings. The molecule has 0 saturated carbocycles. The van der Waals surface area contributed by atoms with Crippen molar-refractivity contribution in [1.29, 1.82) is 0 Å². The highest BCUT2D eigenvalue weighted by Gasteiger charge is 2.23. The van der Waals surface area contributed by atoms with E-state index in [9.17, 15) is 13.8 Å². The van der Waals surface area contributed by atoms with Crippen molar-refractivity contribution in [2.75, 3.05) is 18.2 Å². The molecule has 144 valence electrons. The van der Waals surface area contributed by atoms with E-state index in [-0.39, 0.29) is 5.56 Å². The molecular formula is C19H20ClNO5S. The summed E-state index contributed by atoms with van der Waals surface area (Å²) in [5, 5.41) is 3.04. The highest BCUT2D eigenvalue weighted by atomic mass is 35.5. The van der Waals surface area contributed by atoms with E-state index in [1.807, 2.05) is 0 Å². The van der Waals surface area contributed by atoms with Gasteiger partial charge in [0, 0.05) is 10.8 Å². The van der Waals surface area contributed by atoms with E-state index in [1.54, 1.807) is 37.3 Å². The Labute approximate surface area is 165 Å². The fraction of sp³-hybridized carbons (Fsp3) is 0.263. The van der Waals surface area contributed by atoms with Crippen molar-refractivity contribution in [3.8, 4) is 5.75 Å². The van der Waals surface area contributed by atoms with Crippen LogP contribution in [0.5, 0.6) is 5.75 Å². The van der Waals surface area contributed by atoms with Gasteiger partial charge in [0.1, 0.15) is 5.75 Å². The molecule has 0 aromatic heterocycles. The van der Waals surface area contributed by atoms with Gasteiger partial charge in [-0.1, -0.05) is 30.7 Å². The van der Waals surface area contributed by atoms with Gasteiger partial charge in [0.2, 0.25) is 0 Å². The van der Waals surface area contributed by atoms with Crippen LogP contribution in [0.15, 0.2) is 47.4 Å². The summed E-state index contributed by atoms with van der Waals surface area (Å²) >= 11 is 5.94. The molecule has 2 aromatic rings. The molecule has 1 amide bonds. The van der Waals surface area contributed by atoms with Gasteiger partial charge in [0.05, 0.1) is 34.1 Å². The van der Waals surface area contributed by atoms with Gasteiger partial charge in [-0.15, -0.1) is 0 Å². The van der Waals surface area contributed by atoms with Crippen LogP contribution < -0.4 is 10.1 Å². The number of hydrogen-bond donors (Lipinski definition) is 1. The maximum Gasteiger partial charge on any atom is 0.340 e. The van der Waals surface area contributed by atoms with E-state index in [4.69, 9.17) is 21.1 Å². The first-order chi connectivity index (χ1) is 12.9. The largest absolute Gasteiger partial charge is 0.495 e. The Morgan fingerprint density at radius 2 is 1.93 bits per heavy atom. The summed E-state index contributed by atoms with van der Waals surface area (Å²) < 4.78 is 22.5. The number of halogens is 1. The second-order valence-electron chi connectivity index (χ2n) is 5.51. The minimum Gasteiger partial charge on any atom is -0.495 e. The smallest absolute Gasteiger partial charge is 0.340 e. The monoisotopic (exact) mass is 409 g/mol. The Bertz CT molecular complexity index is 871. The summed E-state index contributed by atoms with van der Waals surface area (Å²) in [4.78, 5) is 25.2. The van der Waals surface area contributed by atoms with E-state index >= 15 is 0 Å². The number of nitrogens with one attached hydrogen (secondary N) is 1. The highest BCUT2D eigenvalue weighted by molar-refractivity contribution is 7.85. The van der Waals surface area contributed by atoms with Crippen LogP contribution in [-0.4, -0.2) is 35.1 Å². The number of rotatable bonds is 7. The van der Waals surface area contributed by atoms with Crippen molar-refractivity contribution < 1.29 is 23.3 Å². The van der Waals surface area contributed by atoms with Gasteiger partial charge in [-0.25, -0.2) is 4.79 Å². The van der Waals surface area contributed by atoms with Crippen LogP contribution in [0.1, 0.15) is 24.2 Å². The number of esters is 1. The lowest BCUT2D eigenvalue weighted by Gasteiger charge is -2.16. The predicted octanol–water partition coefficient (Wildman–Crippen LogP) is 3.66. The predicted molar refractivity (Wildman–Crippen MR) is 105 cm³/mol. The van der Waals surface area contributed by atoms with Crippen LogP contribution in [0.3, 0.4) is 0 Å². The summed E-state index contributed by atoms with van der Waals surface area (Å²) in [6.45, 7) is 3.20. The summed E-state index contributed by atoms with van der Waals surface area (Å²) in [7, 11) is 0.146. The van der Waals surface area contributed by atoms with E-state index in [0.29, 0.717) is 27.1 Å². The number of methoxy groups -OCH3 is 1. The van der Waals surface area contributed by atoms with E-state index in [2.05, 4.69) is 5.32 Å². The van der Waals surface area contributed by atoms with Gasteiger partial charge < -0.3 is 14.8 Å². The van der Waals surface area contributed by atoms with Crippen molar-refractivity contribution in [2.45, 2.75) is 24.8 Å². The zero-order valence-electron chi connectivity index (χ0n) is 15.2. The van der Waals surface area contributed by atoms with Crippen LogP contribution in [0.4, 0.5) is 5.69 Å². The SMILES string of the molecule is CC[S@@](=O)c1ccccc1C(=O)O[C@H](C)C(=O)Nc1cc(Cl)ccc1OC. The van der Waals surface area contributed by atoms with E-state index < -0.39 is 28.8 Å². The van der Waals surface area contributed by atoms with Crippen molar-refractivity contribution in [3.05, 3.63) is 53.1 Å². The average Bonchev–Trinajstić information content (AvgIpc) is 2.67. The quantitative estimate of drug-likeness (QED) is 0.706. The molecule has 0 spiro atoms. The minimum absolute atomic E-state index is 0.178. The van der Waals surface area contributed by atoms with Crippen LogP contribution in [0.2, 0.25) is 5.02 Å². The zero-order valence-corrected chi connectivity index (χ0v) is 16.7. The van der Waals surface area contributed by atoms with Gasteiger partial charge in [-0.05, 0) is 37.3 Å². The number of amides is 1. The number of hydrogen-bond acceptors (Lipinski definition) is 5. The summed E-state index contributed by atoms with van der Waals surface area (Å²) in [5.41, 5.74) is 0.544. The minimum atomic E-state index is -1.32. The van der Waals surface area contributed by atoms with Crippen molar-refractivity contribution in [2.24, 2.45) is 0 Å². The Balaban J connectivity index is 2.12. The van der Waals surface area contributed by atoms with Gasteiger partial charge in [-0.3, -0.25) is 9.00 Å². The lowest BCUT2D eigenvalue weighted by atomic mass is 10.2. The summed E-state index contributed by atoms with van der Waals surface area (Å²) in [5.74, 6) is -0.462. The van der Waals surface area contributed by atoms with E-state index in [0.717, 1.165) is 0 Å². The molecule has 0 bridgehead atoms. The Kier molecular flexibility index (Phi) is 7.38. The first-order valence-corrected chi connectivity index (χ1v) is 9.89. The molecule has 2 aromatic carbocycles. The van der Waals surface area contributed by atoms with Gasteiger partial charge in [0.25, 0.3) is 5.91 Å². The third-order valence-electron chi connectivity index (χ3n) is 3.69. The van der Waals surface area contributed by atoms with Crippen LogP contribution in [0, 0.1) is 0 Å². The molecule has 0 heterocycles. The third-order valence-corrected chi connectivity index (χ3v) is 5.29. The number of carbonyl (C=O) groups is 2. The van der Waals surface area contributed by atoms with Crippen molar-refractivity contribution in [3.63, 3.8) is 0 Å². The molecule has 0 radical (unpaired) electrons. The fourth-order valence-electron chi connectivity index (χ4n) is 2.28. The molecular weight excluding hydrogens is 390 g/mol. The molecule has 0 aliphatic heterocycles. The Hall–Kier alpha value is -2.38. The lowest BCUT2D eigenvalue weighted by Crippen LogP contribution is -2.30. The molecule has 0 unspecified atom stereocenters. The Morgan fingerprint density at radius 3 is 2.59 bits per heavy atom. The molecule has 27 heavy (non-hydrogen) atoms. The van der Waals surface area contributed by atoms with Crippen LogP contribution in [-0.2, 0) is 20.3 Å². The average molecular weight is 410 g/mol. The molecule has 0 aliphatic carbocycles. The standard InChI is InChI=1S/C19H20ClNO5S/c1-4-27(24)17-8-6-5-7-14(17)19(23)26-12(2)18(22)21-15-11-13(20)9-10-16(15)25-3/h5-12H,4H2,1-3H3,(H,21,22)/t12-,27-/m1/s1. The van der Waals surface area contributed by atoms with Crippen molar-refractivity contribution in [1.82, 2.24) is 0 Å². The maximum atomic E-state index is 12.4. The molecule has 8 heteroatoms. The molecule has 0 fully saturated rings. The number of anilines is 1. The second kappa shape index (κ2) is 9.53. The molecule has 0 saturated heterocycles. The van der Waals surface area contributed by atoms with Crippen LogP contribution in [0.25, 0.3) is 0 Å². The van der Waals surface area contributed by atoms with Gasteiger partial charge >= 0.3 is 5.97 Å². The Morgan fingerprint density at radius 1 is 1.22 bits per heavy atom. The van der Waals surface area contributed by atoms with Crippen LogP contribution >= 0.6 is 11.6 Å². The molecule has 2 atom stereocenters. The first kappa shape index (κ1) is 20.9. The third kappa shape index (κ3) is 5.30. The first-order valence-electron chi connectivity index (χ1n) is 8.20. The second-order valence-corrected chi connectivity index (χ2v) is 7.66. The molecule has 2 rings (SSSR count). The normalized spacial score (nSPS) is 12.7. The summed E-state index contributed by atoms with van der Waals surface area (Å²) in [6.07, 6.45) is -1.08. The van der Waals surface area contributed by atoms with Gasteiger partial charge in [0.15, 0.2) is 6.10 Å². The topological polar surface area (TPSA) is 81.7 Å². The summed E-state index contributed by atoms with van der Waals surface area (Å²) in [6, 6.07) is 11.3. The van der Waals surface area contributed by atoms with Crippen molar-refractivity contribution >= 4 is 40.0 Å². The highest BCUT2D eigenvalue weighted by Crippen LogP contribution is 2.28. The molecule has 1 N–H and O–H groups in total. The lowest BCUT2D eigenvalue weighted by molar-refractivity contribution is -0.123. The maximum absolute atomic E-state index is 12.4. The zero-order chi connectivity index (χ0) is 20.0. The number of ether oxygens (including phenoxy) is 2. The fourth-order valence-corrected chi connectivity index (χ4v) is 3.39.